The Kier molecular flexibility index (Phi) is 15.6. The van der Waals surface area contributed by atoms with Crippen LogP contribution in [0, 0.1) is 87.4 Å². The number of halogens is 1. The average Bonchev–Trinajstić information content (AvgIpc) is 3.61. The molecule has 6 fully saturated rings. The van der Waals surface area contributed by atoms with Gasteiger partial charge in [-0.3, -0.25) is 0 Å². The number of hydrogen-bond donors (Lipinski definition) is 0. The van der Waals surface area contributed by atoms with E-state index in [1.54, 1.807) is 51.4 Å². The van der Waals surface area contributed by atoms with Crippen molar-refractivity contribution in [3.8, 4) is 0 Å². The normalized spacial score (nSPS) is 37.1. The van der Waals surface area contributed by atoms with Gasteiger partial charge in [0.25, 0.3) is 0 Å². The van der Waals surface area contributed by atoms with Crippen LogP contribution in [-0.2, 0) is 35.2 Å². The molecule has 10 radical (unpaired) electrons. The predicted octanol–water partition coefficient (Wildman–Crippen LogP) is 6.58. The zero-order chi connectivity index (χ0) is 22.1. The third kappa shape index (κ3) is 9.72. The molecule has 0 aromatic carbocycles. The van der Waals surface area contributed by atoms with Crippen LogP contribution in [0.15, 0.2) is 0 Å². The zero-order valence-electron chi connectivity index (χ0n) is 19.4. The van der Waals surface area contributed by atoms with Crippen LogP contribution < -0.4 is 0 Å². The second-order valence-corrected chi connectivity index (χ2v) is 11.9. The maximum atomic E-state index is 4.49. The van der Waals surface area contributed by atoms with Crippen LogP contribution in [0.25, 0.3) is 0 Å². The summed E-state index contributed by atoms with van der Waals surface area (Å²) in [5, 5.41) is 0. The van der Waals surface area contributed by atoms with Gasteiger partial charge in [-0.05, 0) is 126 Å². The van der Waals surface area contributed by atoms with Crippen molar-refractivity contribution >= 4 is 18.1 Å². The molecule has 6 aliphatic rings. The summed E-state index contributed by atoms with van der Waals surface area (Å²) in [5.74, 6) is 5.98. The summed E-state index contributed by atoms with van der Waals surface area (Å²) in [6, 6.07) is 0. The first kappa shape index (κ1) is 30.1. The molecular formula is C27H39ClFeNPPd+2. The molecule has 0 aromatic heterocycles. The fraction of sp³-hybridized carbons (Fsp3) is 0.630. The Labute approximate surface area is 227 Å². The molecule has 0 N–H and O–H groups in total. The molecule has 4 bridgehead atoms. The summed E-state index contributed by atoms with van der Waals surface area (Å²) >= 11 is 2.22. The minimum absolute atomic E-state index is 0. The van der Waals surface area contributed by atoms with Crippen molar-refractivity contribution in [2.45, 2.75) is 62.7 Å². The average molecular weight is 606 g/mol. The van der Waals surface area contributed by atoms with E-state index in [0.29, 0.717) is 0 Å². The summed E-state index contributed by atoms with van der Waals surface area (Å²) in [5.41, 5.74) is 2.40. The van der Waals surface area contributed by atoms with Crippen molar-refractivity contribution in [3.63, 3.8) is 0 Å². The van der Waals surface area contributed by atoms with Crippen molar-refractivity contribution in [1.82, 2.24) is 4.90 Å². The number of hydrogen-bond acceptors (Lipinski definition) is 1. The number of rotatable bonds is 4. The third-order valence-electron chi connectivity index (χ3n) is 7.61. The predicted molar refractivity (Wildman–Crippen MR) is 132 cm³/mol. The number of fused-ring (bicyclic) bond motifs is 4. The molecule has 180 valence electrons. The van der Waals surface area contributed by atoms with Crippen LogP contribution in [0.3, 0.4) is 0 Å². The minimum Gasteiger partial charge on any atom is 2.00 e. The molecule has 0 spiro atoms. The quantitative estimate of drug-likeness (QED) is 0.199. The van der Waals surface area contributed by atoms with Gasteiger partial charge in [-0.1, -0.05) is 25.7 Å². The van der Waals surface area contributed by atoms with Gasteiger partial charge in [-0.2, -0.15) is 5.92 Å². The summed E-state index contributed by atoms with van der Waals surface area (Å²) < 4.78 is 0. The van der Waals surface area contributed by atoms with E-state index in [9.17, 15) is 0 Å². The van der Waals surface area contributed by atoms with Gasteiger partial charge in [-0.15, -0.1) is 8.58 Å². The van der Waals surface area contributed by atoms with Crippen LogP contribution in [0.4, 0.5) is 0 Å². The molecular weight excluding hydrogens is 567 g/mol. The summed E-state index contributed by atoms with van der Waals surface area (Å²) in [6.07, 6.45) is 32.1. The molecule has 32 heavy (non-hydrogen) atoms. The van der Waals surface area contributed by atoms with Crippen LogP contribution in [-0.4, -0.2) is 36.9 Å². The molecule has 0 amide bonds. The maximum absolute atomic E-state index is 4.49. The Bertz CT molecular complexity index is 453. The fourth-order valence-corrected chi connectivity index (χ4v) is 8.94. The molecule has 1 nitrogen and oxygen atoms in total. The van der Waals surface area contributed by atoms with Gasteiger partial charge >= 0.3 is 44.8 Å². The van der Waals surface area contributed by atoms with E-state index in [1.807, 2.05) is 44.9 Å². The van der Waals surface area contributed by atoms with Crippen molar-refractivity contribution in [2.24, 2.45) is 23.7 Å². The first-order valence-corrected chi connectivity index (χ1v) is 15.1. The molecule has 0 aliphatic heterocycles. The largest absolute Gasteiger partial charge is 2.00 e. The third-order valence-corrected chi connectivity index (χ3v) is 9.88. The van der Waals surface area contributed by atoms with E-state index in [0.717, 1.165) is 6.54 Å². The molecule has 0 heterocycles. The summed E-state index contributed by atoms with van der Waals surface area (Å²) in [4.78, 5) is 2.13. The van der Waals surface area contributed by atoms with Crippen LogP contribution in [0.2, 0.25) is 0 Å². The van der Waals surface area contributed by atoms with Crippen molar-refractivity contribution < 1.29 is 35.2 Å². The molecule has 5 heteroatoms. The minimum atomic E-state index is 0. The van der Waals surface area contributed by atoms with Crippen molar-refractivity contribution in [1.29, 1.82) is 0 Å². The second kappa shape index (κ2) is 16.6. The van der Waals surface area contributed by atoms with Crippen LogP contribution in [0.1, 0.15) is 51.4 Å². The molecule has 6 rings (SSSR count). The van der Waals surface area contributed by atoms with E-state index in [1.165, 1.54) is 49.5 Å². The monoisotopic (exact) mass is 605 g/mol. The van der Waals surface area contributed by atoms with Gasteiger partial charge in [0.15, 0.2) is 0 Å². The topological polar surface area (TPSA) is 3.24 Å². The molecule has 7 atom stereocenters. The van der Waals surface area contributed by atoms with E-state index in [4.69, 9.17) is 0 Å². The van der Waals surface area contributed by atoms with Gasteiger partial charge < -0.3 is 11.3 Å². The Hall–Kier alpha value is 1.86. The van der Waals surface area contributed by atoms with Gasteiger partial charge in [0.05, 0.1) is 0 Å². The first-order valence-electron chi connectivity index (χ1n) is 12.0. The molecule has 3 unspecified atom stereocenters. The van der Waals surface area contributed by atoms with E-state index < -0.39 is 0 Å². The van der Waals surface area contributed by atoms with Gasteiger partial charge in [0.2, 0.25) is 0 Å². The van der Waals surface area contributed by atoms with Crippen molar-refractivity contribution in [3.05, 3.63) is 63.7 Å². The Morgan fingerprint density at radius 1 is 0.844 bits per heavy atom. The maximum Gasteiger partial charge on any atom is 2.00 e. The van der Waals surface area contributed by atoms with E-state index in [-0.39, 0.29) is 17.1 Å². The standard InChI is InChI=1S/C14H23P.C8H11N.C5H5.ClH.Fe.Pd/c1-3-11-5-9(1)7-13(11)15-14-8-10-2-4-12(14)6-10;1-9(2)7-8-5-3-4-6-8;1-2-4-5-3-1;;;/h9-15H,1-8H2;3-5H,7H2,1-2H3;1-5H;1H;;/q;-1;;;2*+2/p-1/t9-,10+,11+,12-,13?,14?;;;;;. The SMILES string of the molecule is C1C[C@@H]2C[C@H]1CC2PC1C[C@@H]2CC[C@H]1C2.CN(C)C[C]1[C-][CH][CH][CH]1.[CH]1[CH][CH][CH][CH]1.[Cl][Pd+].[Fe+2]. The van der Waals surface area contributed by atoms with Crippen LogP contribution >= 0.6 is 18.1 Å². The van der Waals surface area contributed by atoms with E-state index in [2.05, 4.69) is 59.5 Å². The summed E-state index contributed by atoms with van der Waals surface area (Å²) in [6.45, 7) is 0.993. The molecule has 0 saturated heterocycles. The van der Waals surface area contributed by atoms with Crippen molar-refractivity contribution in [2.75, 3.05) is 20.6 Å². The second-order valence-electron chi connectivity index (χ2n) is 10.1. The smallest absolute Gasteiger partial charge is 2.00 e. The zero-order valence-corrected chi connectivity index (χ0v) is 23.9. The molecule has 6 saturated carbocycles. The Balaban J connectivity index is 0.000000184. The Morgan fingerprint density at radius 3 is 1.66 bits per heavy atom. The van der Waals surface area contributed by atoms with Gasteiger partial charge in [0, 0.05) is 0 Å². The first-order chi connectivity index (χ1) is 15.2. The number of nitrogens with zero attached hydrogens (tertiary/aromatic N) is 1. The Morgan fingerprint density at radius 2 is 1.34 bits per heavy atom. The fourth-order valence-electron chi connectivity index (χ4n) is 6.30. The molecule has 6 aliphatic carbocycles. The molecule has 0 aromatic rings. The summed E-state index contributed by atoms with van der Waals surface area (Å²) in [7, 11) is 9.98. The van der Waals surface area contributed by atoms with E-state index >= 15 is 0 Å². The van der Waals surface area contributed by atoms with Gasteiger partial charge in [-0.25, -0.2) is 6.42 Å². The van der Waals surface area contributed by atoms with Crippen LogP contribution in [0.5, 0.6) is 0 Å². The van der Waals surface area contributed by atoms with Gasteiger partial charge in [0.1, 0.15) is 0 Å².